The second-order valence-corrected chi connectivity index (χ2v) is 5.17. The first-order chi connectivity index (χ1) is 9.31. The number of ether oxygens (including phenoxy) is 1. The SMILES string of the molecule is CCCCCCC(CCCC)c1cc(OC)ncn1. The van der Waals surface area contributed by atoms with Gasteiger partial charge in [0.05, 0.1) is 12.8 Å². The third-order valence-corrected chi connectivity index (χ3v) is 3.60. The highest BCUT2D eigenvalue weighted by atomic mass is 16.5. The lowest BCUT2D eigenvalue weighted by Gasteiger charge is -2.16. The summed E-state index contributed by atoms with van der Waals surface area (Å²) in [6, 6.07) is 2.00. The molecular formula is C16H28N2O. The van der Waals surface area contributed by atoms with Crippen LogP contribution < -0.4 is 4.74 Å². The van der Waals surface area contributed by atoms with Gasteiger partial charge in [0.2, 0.25) is 5.88 Å². The molecule has 1 aromatic heterocycles. The highest BCUT2D eigenvalue weighted by molar-refractivity contribution is 5.16. The summed E-state index contributed by atoms with van der Waals surface area (Å²) in [6.07, 6.45) is 11.9. The Labute approximate surface area is 117 Å². The summed E-state index contributed by atoms with van der Waals surface area (Å²) in [6.45, 7) is 4.50. The molecule has 0 saturated heterocycles. The molecule has 0 aromatic carbocycles. The standard InChI is InChI=1S/C16H28N2O/c1-4-6-8-9-11-14(10-7-5-2)15-12-16(19-3)18-13-17-15/h12-14H,4-11H2,1-3H3. The maximum atomic E-state index is 5.20. The van der Waals surface area contributed by atoms with Gasteiger partial charge in [-0.3, -0.25) is 0 Å². The van der Waals surface area contributed by atoms with Crippen molar-refractivity contribution >= 4 is 0 Å². The highest BCUT2D eigenvalue weighted by Gasteiger charge is 2.13. The van der Waals surface area contributed by atoms with Gasteiger partial charge in [-0.1, -0.05) is 52.4 Å². The maximum absolute atomic E-state index is 5.20. The molecule has 1 unspecified atom stereocenters. The van der Waals surface area contributed by atoms with Crippen LogP contribution in [0.2, 0.25) is 0 Å². The molecule has 1 rings (SSSR count). The topological polar surface area (TPSA) is 35.0 Å². The van der Waals surface area contributed by atoms with E-state index in [1.54, 1.807) is 13.4 Å². The first-order valence-electron chi connectivity index (χ1n) is 7.67. The van der Waals surface area contributed by atoms with Crippen molar-refractivity contribution in [3.8, 4) is 5.88 Å². The molecule has 0 bridgehead atoms. The van der Waals surface area contributed by atoms with Crippen LogP contribution in [0.15, 0.2) is 12.4 Å². The normalized spacial score (nSPS) is 12.4. The Morgan fingerprint density at radius 1 is 1.00 bits per heavy atom. The third kappa shape index (κ3) is 6.04. The van der Waals surface area contributed by atoms with Crippen molar-refractivity contribution in [2.24, 2.45) is 0 Å². The molecule has 1 heterocycles. The number of hydrogen-bond acceptors (Lipinski definition) is 3. The Bertz CT molecular complexity index is 341. The van der Waals surface area contributed by atoms with Crippen LogP contribution in [0.25, 0.3) is 0 Å². The van der Waals surface area contributed by atoms with Gasteiger partial charge in [-0.15, -0.1) is 0 Å². The van der Waals surface area contributed by atoms with E-state index in [1.807, 2.05) is 6.07 Å². The second-order valence-electron chi connectivity index (χ2n) is 5.17. The summed E-state index contributed by atoms with van der Waals surface area (Å²) in [5.41, 5.74) is 1.15. The summed E-state index contributed by atoms with van der Waals surface area (Å²) in [5, 5.41) is 0. The molecule has 1 atom stereocenters. The molecule has 3 heteroatoms. The highest BCUT2D eigenvalue weighted by Crippen LogP contribution is 2.27. The maximum Gasteiger partial charge on any atom is 0.216 e. The summed E-state index contributed by atoms with van der Waals surface area (Å²) in [4.78, 5) is 8.55. The number of rotatable bonds is 10. The molecule has 0 amide bonds. The number of unbranched alkanes of at least 4 members (excludes halogenated alkanes) is 4. The van der Waals surface area contributed by atoms with Crippen LogP contribution in [0.1, 0.15) is 76.8 Å². The molecule has 1 aromatic rings. The van der Waals surface area contributed by atoms with E-state index in [-0.39, 0.29) is 0 Å². The van der Waals surface area contributed by atoms with E-state index in [0.29, 0.717) is 11.8 Å². The molecule has 108 valence electrons. The van der Waals surface area contributed by atoms with Crippen molar-refractivity contribution < 1.29 is 4.74 Å². The van der Waals surface area contributed by atoms with Gasteiger partial charge < -0.3 is 4.74 Å². The Morgan fingerprint density at radius 2 is 1.74 bits per heavy atom. The fourth-order valence-corrected chi connectivity index (χ4v) is 2.40. The van der Waals surface area contributed by atoms with Crippen molar-refractivity contribution in [2.75, 3.05) is 7.11 Å². The minimum Gasteiger partial charge on any atom is -0.481 e. The van der Waals surface area contributed by atoms with Crippen molar-refractivity contribution in [3.05, 3.63) is 18.1 Å². The number of methoxy groups -OCH3 is 1. The lowest BCUT2D eigenvalue weighted by molar-refractivity contribution is 0.393. The van der Waals surface area contributed by atoms with E-state index < -0.39 is 0 Å². The quantitative estimate of drug-likeness (QED) is 0.573. The van der Waals surface area contributed by atoms with Gasteiger partial charge in [-0.25, -0.2) is 9.97 Å². The predicted octanol–water partition coefficient (Wildman–Crippen LogP) is 4.73. The Hall–Kier alpha value is -1.12. The molecule has 0 aliphatic rings. The van der Waals surface area contributed by atoms with Gasteiger partial charge in [0.25, 0.3) is 0 Å². The summed E-state index contributed by atoms with van der Waals surface area (Å²) in [7, 11) is 1.66. The first-order valence-corrected chi connectivity index (χ1v) is 7.67. The average molecular weight is 264 g/mol. The van der Waals surface area contributed by atoms with Gasteiger partial charge in [-0.05, 0) is 12.8 Å². The fraction of sp³-hybridized carbons (Fsp3) is 0.750. The van der Waals surface area contributed by atoms with E-state index in [0.717, 1.165) is 5.69 Å². The zero-order valence-corrected chi connectivity index (χ0v) is 12.7. The predicted molar refractivity (Wildman–Crippen MR) is 79.6 cm³/mol. The molecule has 0 radical (unpaired) electrons. The van der Waals surface area contributed by atoms with Crippen LogP contribution in [0.4, 0.5) is 0 Å². The minimum absolute atomic E-state index is 0.564. The zero-order chi connectivity index (χ0) is 13.9. The molecule has 0 aliphatic carbocycles. The first kappa shape index (κ1) is 15.9. The summed E-state index contributed by atoms with van der Waals surface area (Å²) >= 11 is 0. The lowest BCUT2D eigenvalue weighted by atomic mass is 9.92. The molecule has 0 fully saturated rings. The Morgan fingerprint density at radius 3 is 2.42 bits per heavy atom. The molecule has 3 nitrogen and oxygen atoms in total. The second kappa shape index (κ2) is 9.76. The van der Waals surface area contributed by atoms with Crippen LogP contribution in [-0.2, 0) is 0 Å². The van der Waals surface area contributed by atoms with E-state index in [1.165, 1.54) is 51.4 Å². The van der Waals surface area contributed by atoms with E-state index in [9.17, 15) is 0 Å². The average Bonchev–Trinajstić information content (AvgIpc) is 2.46. The monoisotopic (exact) mass is 264 g/mol. The molecule has 0 saturated carbocycles. The van der Waals surface area contributed by atoms with Gasteiger partial charge in [0, 0.05) is 12.0 Å². The van der Waals surface area contributed by atoms with Crippen LogP contribution in [0.3, 0.4) is 0 Å². The molecule has 0 N–H and O–H groups in total. The van der Waals surface area contributed by atoms with Crippen molar-refractivity contribution in [1.29, 1.82) is 0 Å². The van der Waals surface area contributed by atoms with Crippen LogP contribution in [0, 0.1) is 0 Å². The summed E-state index contributed by atoms with van der Waals surface area (Å²) < 4.78 is 5.20. The molecular weight excluding hydrogens is 236 g/mol. The molecule has 19 heavy (non-hydrogen) atoms. The van der Waals surface area contributed by atoms with E-state index in [4.69, 9.17) is 4.74 Å². The molecule has 0 aliphatic heterocycles. The van der Waals surface area contributed by atoms with Gasteiger partial charge >= 0.3 is 0 Å². The number of hydrogen-bond donors (Lipinski definition) is 0. The molecule has 0 spiro atoms. The van der Waals surface area contributed by atoms with Crippen molar-refractivity contribution in [2.45, 2.75) is 71.1 Å². The summed E-state index contributed by atoms with van der Waals surface area (Å²) in [5.74, 6) is 1.24. The lowest BCUT2D eigenvalue weighted by Crippen LogP contribution is -2.03. The number of nitrogens with zero attached hydrogens (tertiary/aromatic N) is 2. The van der Waals surface area contributed by atoms with Gasteiger partial charge in [-0.2, -0.15) is 0 Å². The van der Waals surface area contributed by atoms with Crippen LogP contribution in [0.5, 0.6) is 5.88 Å². The van der Waals surface area contributed by atoms with E-state index in [2.05, 4.69) is 23.8 Å². The number of aromatic nitrogens is 2. The van der Waals surface area contributed by atoms with Crippen molar-refractivity contribution in [3.63, 3.8) is 0 Å². The third-order valence-electron chi connectivity index (χ3n) is 3.60. The van der Waals surface area contributed by atoms with E-state index >= 15 is 0 Å². The zero-order valence-electron chi connectivity index (χ0n) is 12.7. The minimum atomic E-state index is 0.564. The Kier molecular flexibility index (Phi) is 8.19. The fourth-order valence-electron chi connectivity index (χ4n) is 2.40. The van der Waals surface area contributed by atoms with Crippen LogP contribution in [-0.4, -0.2) is 17.1 Å². The van der Waals surface area contributed by atoms with Crippen LogP contribution >= 0.6 is 0 Å². The van der Waals surface area contributed by atoms with Crippen molar-refractivity contribution in [1.82, 2.24) is 9.97 Å². The van der Waals surface area contributed by atoms with Gasteiger partial charge in [0.1, 0.15) is 6.33 Å². The smallest absolute Gasteiger partial charge is 0.216 e. The Balaban J connectivity index is 2.60. The van der Waals surface area contributed by atoms with Gasteiger partial charge in [0.15, 0.2) is 0 Å². The largest absolute Gasteiger partial charge is 0.481 e.